The predicted octanol–water partition coefficient (Wildman–Crippen LogP) is 11.3. The Labute approximate surface area is 414 Å². The van der Waals surface area contributed by atoms with Crippen LogP contribution < -0.4 is 18.9 Å². The summed E-state index contributed by atoms with van der Waals surface area (Å²) in [5.74, 6) is 3.86. The number of benzene rings is 4. The molecule has 0 amide bonds. The summed E-state index contributed by atoms with van der Waals surface area (Å²) >= 11 is 0. The molecule has 1 aliphatic carbocycles. The van der Waals surface area contributed by atoms with Crippen LogP contribution in [0.4, 0.5) is 0 Å². The van der Waals surface area contributed by atoms with Crippen LogP contribution in [0.2, 0.25) is 0 Å². The van der Waals surface area contributed by atoms with Gasteiger partial charge in [-0.3, -0.25) is 0 Å². The van der Waals surface area contributed by atoms with Gasteiger partial charge in [-0.2, -0.15) is 0 Å². The predicted molar refractivity (Wildman–Crippen MR) is 288 cm³/mol. The molecule has 376 valence electrons. The standard InChI is InChI=1S/C60H92N4O4/c1-57(2,3)49-33-41-29-43-35-50(58(4,5)6)37-45(54(43)66-26-22-62(15)16)31-47-39-52(60(10,11)12)40-48(56(47)68-28-24-64(19)20)32-46-38-51(59(7,8)9)36-44(55(46)67-27-23-63(17)18)30-42(34-49)53(41)65-25-21-61(13)14/h33-40H,21-32H2,1-20H3. The van der Waals surface area contributed by atoms with Gasteiger partial charge in [-0.05, 0) is 145 Å². The maximum Gasteiger partial charge on any atom is 0.126 e. The first-order valence-electron chi connectivity index (χ1n) is 25.3. The molecule has 0 aromatic heterocycles. The molecule has 0 saturated carbocycles. The lowest BCUT2D eigenvalue weighted by molar-refractivity contribution is 0.253. The summed E-state index contributed by atoms with van der Waals surface area (Å²) in [6.07, 6.45) is 2.62. The lowest BCUT2D eigenvalue weighted by atomic mass is 9.79. The monoisotopic (exact) mass is 933 g/mol. The van der Waals surface area contributed by atoms with Gasteiger partial charge in [-0.1, -0.05) is 132 Å². The summed E-state index contributed by atoms with van der Waals surface area (Å²) in [6, 6.07) is 19.4. The normalized spacial score (nSPS) is 13.8. The fraction of sp³-hybridized carbons (Fsp3) is 0.600. The minimum Gasteiger partial charge on any atom is -0.492 e. The van der Waals surface area contributed by atoms with Crippen molar-refractivity contribution >= 4 is 0 Å². The molecule has 1 aliphatic rings. The van der Waals surface area contributed by atoms with Gasteiger partial charge in [0.1, 0.15) is 49.4 Å². The summed E-state index contributed by atoms with van der Waals surface area (Å²) in [6.45, 7) is 33.4. The van der Waals surface area contributed by atoms with Crippen LogP contribution in [0.1, 0.15) is 150 Å². The molecule has 0 unspecified atom stereocenters. The van der Waals surface area contributed by atoms with E-state index in [1.54, 1.807) is 0 Å². The summed E-state index contributed by atoms with van der Waals surface area (Å²) in [5.41, 5.74) is 14.1. The number of nitrogens with zero attached hydrogens (tertiary/aromatic N) is 4. The Morgan fingerprint density at radius 3 is 0.559 bits per heavy atom. The van der Waals surface area contributed by atoms with E-state index in [4.69, 9.17) is 18.9 Å². The molecule has 4 aromatic rings. The van der Waals surface area contributed by atoms with Crippen LogP contribution in [-0.2, 0) is 47.3 Å². The molecular formula is C60H92N4O4. The molecular weight excluding hydrogens is 841 g/mol. The van der Waals surface area contributed by atoms with Crippen LogP contribution >= 0.6 is 0 Å². The Bertz CT molecular complexity index is 1900. The van der Waals surface area contributed by atoms with Gasteiger partial charge in [-0.15, -0.1) is 0 Å². The molecule has 5 rings (SSSR count). The van der Waals surface area contributed by atoms with Crippen molar-refractivity contribution in [2.24, 2.45) is 0 Å². The highest BCUT2D eigenvalue weighted by Crippen LogP contribution is 2.44. The van der Waals surface area contributed by atoms with Crippen LogP contribution in [-0.4, -0.2) is 129 Å². The Kier molecular flexibility index (Phi) is 18.0. The molecule has 4 aromatic carbocycles. The molecule has 68 heavy (non-hydrogen) atoms. The van der Waals surface area contributed by atoms with E-state index in [-0.39, 0.29) is 21.7 Å². The first kappa shape index (κ1) is 54.9. The largest absolute Gasteiger partial charge is 0.492 e. The molecule has 0 spiro atoms. The third-order valence-corrected chi connectivity index (χ3v) is 13.1. The fourth-order valence-corrected chi connectivity index (χ4v) is 8.68. The molecule has 0 aliphatic heterocycles. The maximum atomic E-state index is 7.13. The third-order valence-electron chi connectivity index (χ3n) is 13.1. The van der Waals surface area contributed by atoms with Crippen molar-refractivity contribution in [2.75, 3.05) is 109 Å². The molecule has 0 atom stereocenters. The van der Waals surface area contributed by atoms with E-state index in [0.717, 1.165) is 49.2 Å². The Hall–Kier alpha value is -4.08. The molecule has 0 radical (unpaired) electrons. The zero-order valence-electron chi connectivity index (χ0n) is 46.5. The third kappa shape index (κ3) is 15.0. The van der Waals surface area contributed by atoms with Crippen LogP contribution in [0.15, 0.2) is 48.5 Å². The van der Waals surface area contributed by atoms with Gasteiger partial charge >= 0.3 is 0 Å². The summed E-state index contributed by atoms with van der Waals surface area (Å²) in [7, 11) is 16.9. The SMILES string of the molecule is CN(C)CCOc1c2cc(C(C)(C)C)cc1Cc1cc(C(C)(C)C)cc(c1OCCN(C)C)Cc1cc(C(C)(C)C)cc(c1OCCN(C)C)Cc1cc(C(C)(C)C)cc(c1OCCN(C)C)C2. The lowest BCUT2D eigenvalue weighted by Crippen LogP contribution is -2.22. The maximum absolute atomic E-state index is 7.13. The molecule has 0 fully saturated rings. The van der Waals surface area contributed by atoms with Crippen molar-refractivity contribution in [2.45, 2.75) is 130 Å². The lowest BCUT2D eigenvalue weighted by Gasteiger charge is -2.29. The molecule has 0 N–H and O–H groups in total. The Morgan fingerprint density at radius 2 is 0.441 bits per heavy atom. The van der Waals surface area contributed by atoms with Gasteiger partial charge in [0, 0.05) is 51.9 Å². The second-order valence-corrected chi connectivity index (χ2v) is 24.8. The van der Waals surface area contributed by atoms with E-state index in [0.29, 0.717) is 52.1 Å². The molecule has 8 bridgehead atoms. The van der Waals surface area contributed by atoms with E-state index >= 15 is 0 Å². The highest BCUT2D eigenvalue weighted by atomic mass is 16.5. The van der Waals surface area contributed by atoms with E-state index in [2.05, 4.69) is 208 Å². The summed E-state index contributed by atoms with van der Waals surface area (Å²) < 4.78 is 28.5. The van der Waals surface area contributed by atoms with E-state index in [1.165, 1.54) is 66.8 Å². The average molecular weight is 933 g/mol. The van der Waals surface area contributed by atoms with Crippen molar-refractivity contribution in [3.05, 3.63) is 115 Å². The number of rotatable bonds is 16. The Balaban J connectivity index is 2.01. The van der Waals surface area contributed by atoms with Gasteiger partial charge in [0.15, 0.2) is 0 Å². The van der Waals surface area contributed by atoms with Crippen LogP contribution in [0.25, 0.3) is 0 Å². The first-order valence-corrected chi connectivity index (χ1v) is 25.3. The quantitative estimate of drug-likeness (QED) is 0.0970. The van der Waals surface area contributed by atoms with Crippen LogP contribution in [0.5, 0.6) is 23.0 Å². The highest BCUT2D eigenvalue weighted by molar-refractivity contribution is 5.60. The van der Waals surface area contributed by atoms with E-state index in [9.17, 15) is 0 Å². The topological polar surface area (TPSA) is 49.9 Å². The van der Waals surface area contributed by atoms with Gasteiger partial charge < -0.3 is 38.5 Å². The van der Waals surface area contributed by atoms with Crippen molar-refractivity contribution in [3.8, 4) is 23.0 Å². The minimum absolute atomic E-state index is 0.115. The number of likely N-dealkylation sites (N-methyl/N-ethyl adjacent to an activating group) is 4. The average Bonchev–Trinajstić information content (AvgIpc) is 3.18. The second-order valence-electron chi connectivity index (χ2n) is 24.8. The second kappa shape index (κ2) is 22.3. The zero-order chi connectivity index (χ0) is 50.5. The molecule has 8 nitrogen and oxygen atoms in total. The van der Waals surface area contributed by atoms with Crippen molar-refractivity contribution < 1.29 is 18.9 Å². The van der Waals surface area contributed by atoms with Crippen molar-refractivity contribution in [3.63, 3.8) is 0 Å². The molecule has 8 heteroatoms. The van der Waals surface area contributed by atoms with Gasteiger partial charge in [0.25, 0.3) is 0 Å². The van der Waals surface area contributed by atoms with Crippen molar-refractivity contribution in [1.82, 2.24) is 19.6 Å². The van der Waals surface area contributed by atoms with E-state index in [1.807, 2.05) is 0 Å². The number of hydrogen-bond acceptors (Lipinski definition) is 8. The molecule has 0 heterocycles. The zero-order valence-corrected chi connectivity index (χ0v) is 46.5. The van der Waals surface area contributed by atoms with Crippen LogP contribution in [0, 0.1) is 0 Å². The van der Waals surface area contributed by atoms with Crippen LogP contribution in [0.3, 0.4) is 0 Å². The number of ether oxygens (including phenoxy) is 4. The first-order chi connectivity index (χ1) is 31.5. The fourth-order valence-electron chi connectivity index (χ4n) is 8.68. The van der Waals surface area contributed by atoms with Gasteiger partial charge in [-0.25, -0.2) is 0 Å². The van der Waals surface area contributed by atoms with Gasteiger partial charge in [0.05, 0.1) is 0 Å². The Morgan fingerprint density at radius 1 is 0.294 bits per heavy atom. The van der Waals surface area contributed by atoms with Gasteiger partial charge in [0.2, 0.25) is 0 Å². The number of fused-ring (bicyclic) bond motifs is 8. The summed E-state index contributed by atoms with van der Waals surface area (Å²) in [4.78, 5) is 8.80. The summed E-state index contributed by atoms with van der Waals surface area (Å²) in [5, 5.41) is 0. The highest BCUT2D eigenvalue weighted by Gasteiger charge is 2.29. The van der Waals surface area contributed by atoms with E-state index < -0.39 is 0 Å². The van der Waals surface area contributed by atoms with Crippen molar-refractivity contribution in [1.29, 1.82) is 0 Å². The smallest absolute Gasteiger partial charge is 0.126 e. The minimum atomic E-state index is -0.115. The number of hydrogen-bond donors (Lipinski definition) is 0. The molecule has 0 saturated heterocycles.